The number of ketones is 2. The van der Waals surface area contributed by atoms with E-state index in [0.29, 0.717) is 12.8 Å². The van der Waals surface area contributed by atoms with Crippen LogP contribution in [0.3, 0.4) is 0 Å². The van der Waals surface area contributed by atoms with Crippen molar-refractivity contribution >= 4 is 29.0 Å². The lowest BCUT2D eigenvalue weighted by Crippen LogP contribution is -2.63. The Bertz CT molecular complexity index is 1540. The average Bonchev–Trinajstić information content (AvgIpc) is 3.42. The molecule has 0 unspecified atom stereocenters. The maximum absolute atomic E-state index is 13.9. The molecule has 1 saturated heterocycles. The minimum atomic E-state index is -1.39. The van der Waals surface area contributed by atoms with Crippen molar-refractivity contribution in [2.24, 2.45) is 28.6 Å². The fourth-order valence-electron chi connectivity index (χ4n) is 9.51. The minimum absolute atomic E-state index is 0.00178. The minimum Gasteiger partial charge on any atom is -0.399 e. The third kappa shape index (κ3) is 4.10. The number of fused-ring (bicyclic) bond motifs is 7. The van der Waals surface area contributed by atoms with Crippen LogP contribution < -0.4 is 5.73 Å². The van der Waals surface area contributed by atoms with Crippen LogP contribution >= 0.6 is 11.8 Å². The van der Waals surface area contributed by atoms with Gasteiger partial charge in [0.15, 0.2) is 23.0 Å². The van der Waals surface area contributed by atoms with Gasteiger partial charge in [0, 0.05) is 37.8 Å². The van der Waals surface area contributed by atoms with E-state index in [2.05, 4.69) is 13.8 Å². The molecule has 0 aromatic heterocycles. The monoisotopic (exact) mass is 601 g/mol. The number of ether oxygens (including phenoxy) is 2. The van der Waals surface area contributed by atoms with E-state index < -0.39 is 46.8 Å². The normalized spacial score (nSPS) is 41.2. The molecular weight excluding hydrogens is 562 g/mol. The molecule has 2 aromatic rings. The third-order valence-electron chi connectivity index (χ3n) is 11.4. The Morgan fingerprint density at radius 3 is 2.42 bits per heavy atom. The summed E-state index contributed by atoms with van der Waals surface area (Å²) in [6, 6.07) is 15.7. The van der Waals surface area contributed by atoms with Gasteiger partial charge in [-0.3, -0.25) is 9.59 Å². The summed E-state index contributed by atoms with van der Waals surface area (Å²) in [4.78, 5) is 28.2. The van der Waals surface area contributed by atoms with Crippen molar-refractivity contribution in [1.29, 1.82) is 0 Å². The van der Waals surface area contributed by atoms with Crippen molar-refractivity contribution in [3.63, 3.8) is 0 Å². The van der Waals surface area contributed by atoms with Crippen molar-refractivity contribution in [2.45, 2.75) is 79.8 Å². The fraction of sp³-hybridized carbons (Fsp3) is 0.486. The van der Waals surface area contributed by atoms with Crippen LogP contribution in [0.5, 0.6) is 0 Å². The SMILES string of the molecule is C[C@@]1(c2ccc(Sc3ccc(N)cc3)cc2)O[C@@H]2C[C@H]3[C@@H]4CCC5=CC(=O)C=C[C@]5(C)[C@H]4[C@@H](O)C[C@]3(C)[C@]2(C(=O)CO)O1. The number of nitrogen functional groups attached to an aromatic ring is 1. The lowest BCUT2D eigenvalue weighted by atomic mass is 9.46. The predicted octanol–water partition coefficient (Wildman–Crippen LogP) is 5.20. The zero-order chi connectivity index (χ0) is 30.4. The number of aliphatic hydroxyl groups is 2. The Labute approximate surface area is 256 Å². The smallest absolute Gasteiger partial charge is 0.193 e. The van der Waals surface area contributed by atoms with Gasteiger partial charge in [-0.25, -0.2) is 0 Å². The molecular formula is C35H39NO6S. The molecule has 0 amide bonds. The summed E-state index contributed by atoms with van der Waals surface area (Å²) >= 11 is 1.62. The van der Waals surface area contributed by atoms with Crippen molar-refractivity contribution in [3.05, 3.63) is 77.9 Å². The Hall–Kier alpha value is -2.75. The molecule has 7 rings (SSSR count). The second-order valence-corrected chi connectivity index (χ2v) is 14.8. The van der Waals surface area contributed by atoms with Crippen molar-refractivity contribution in [1.82, 2.24) is 0 Å². The highest BCUT2D eigenvalue weighted by atomic mass is 32.2. The van der Waals surface area contributed by atoms with Crippen LogP contribution in [-0.2, 0) is 24.8 Å². The van der Waals surface area contributed by atoms with Crippen LogP contribution in [0.25, 0.3) is 0 Å². The fourth-order valence-corrected chi connectivity index (χ4v) is 10.3. The summed E-state index contributed by atoms with van der Waals surface area (Å²) in [6.45, 7) is 5.38. The highest BCUT2D eigenvalue weighted by Gasteiger charge is 2.77. The number of carbonyl (C=O) groups is 2. The Morgan fingerprint density at radius 1 is 1.07 bits per heavy atom. The Balaban J connectivity index is 1.20. The van der Waals surface area contributed by atoms with Gasteiger partial charge in [-0.05, 0) is 93.0 Å². The molecule has 4 N–H and O–H groups in total. The number of Topliss-reactive ketones (excluding diaryl/α,β-unsaturated/α-hetero) is 1. The third-order valence-corrected chi connectivity index (χ3v) is 12.4. The summed E-state index contributed by atoms with van der Waals surface area (Å²) < 4.78 is 13.6. The van der Waals surface area contributed by atoms with Gasteiger partial charge in [-0.1, -0.05) is 49.4 Å². The van der Waals surface area contributed by atoms with Crippen LogP contribution in [0.2, 0.25) is 0 Å². The summed E-state index contributed by atoms with van der Waals surface area (Å²) in [5.41, 5.74) is 5.88. The van der Waals surface area contributed by atoms with E-state index in [1.807, 2.05) is 61.5 Å². The molecule has 0 radical (unpaired) electrons. The van der Waals surface area contributed by atoms with Gasteiger partial charge in [-0.2, -0.15) is 0 Å². The van der Waals surface area contributed by atoms with Crippen LogP contribution in [-0.4, -0.2) is 46.2 Å². The molecule has 1 aliphatic heterocycles. The van der Waals surface area contributed by atoms with Crippen LogP contribution in [0.15, 0.2) is 82.1 Å². The molecule has 9 atom stereocenters. The lowest BCUT2D eigenvalue weighted by Gasteiger charge is -2.60. The summed E-state index contributed by atoms with van der Waals surface area (Å²) in [5.74, 6) is -1.50. The Morgan fingerprint density at radius 2 is 1.74 bits per heavy atom. The van der Waals surface area contributed by atoms with Gasteiger partial charge >= 0.3 is 0 Å². The number of hydrogen-bond acceptors (Lipinski definition) is 8. The second kappa shape index (κ2) is 9.88. The van der Waals surface area contributed by atoms with Gasteiger partial charge in [0.1, 0.15) is 6.61 Å². The van der Waals surface area contributed by atoms with Gasteiger partial charge in [0.2, 0.25) is 0 Å². The maximum Gasteiger partial charge on any atom is 0.193 e. The molecule has 43 heavy (non-hydrogen) atoms. The van der Waals surface area contributed by atoms with E-state index in [1.165, 1.54) is 0 Å². The molecule has 5 aliphatic rings. The first-order chi connectivity index (χ1) is 20.4. The van der Waals surface area contributed by atoms with Gasteiger partial charge in [0.25, 0.3) is 0 Å². The van der Waals surface area contributed by atoms with E-state index >= 15 is 0 Å². The highest BCUT2D eigenvalue weighted by molar-refractivity contribution is 7.99. The summed E-state index contributed by atoms with van der Waals surface area (Å²) in [7, 11) is 0. The molecule has 2 aromatic carbocycles. The predicted molar refractivity (Wildman–Crippen MR) is 163 cm³/mol. The number of anilines is 1. The first-order valence-electron chi connectivity index (χ1n) is 15.2. The van der Waals surface area contributed by atoms with Gasteiger partial charge in [0.05, 0.1) is 12.2 Å². The molecule has 0 bridgehead atoms. The molecule has 4 aliphatic carbocycles. The molecule has 3 saturated carbocycles. The number of aliphatic hydroxyl groups excluding tert-OH is 2. The number of carbonyl (C=O) groups excluding carboxylic acids is 2. The molecule has 0 spiro atoms. The van der Waals surface area contributed by atoms with E-state index in [0.717, 1.165) is 39.5 Å². The Kier molecular flexibility index (Phi) is 6.66. The average molecular weight is 602 g/mol. The van der Waals surface area contributed by atoms with Gasteiger partial charge in [-0.15, -0.1) is 0 Å². The largest absolute Gasteiger partial charge is 0.399 e. The van der Waals surface area contributed by atoms with E-state index in [9.17, 15) is 19.8 Å². The van der Waals surface area contributed by atoms with Crippen LogP contribution in [0, 0.1) is 28.6 Å². The van der Waals surface area contributed by atoms with Crippen molar-refractivity contribution in [3.8, 4) is 0 Å². The molecule has 4 fully saturated rings. The summed E-state index contributed by atoms with van der Waals surface area (Å²) in [6.07, 6.45) is 6.64. The first kappa shape index (κ1) is 29.0. The van der Waals surface area contributed by atoms with Crippen LogP contribution in [0.1, 0.15) is 52.0 Å². The highest BCUT2D eigenvalue weighted by Crippen LogP contribution is 2.71. The number of allylic oxidation sites excluding steroid dienone is 4. The second-order valence-electron chi connectivity index (χ2n) is 13.6. The van der Waals surface area contributed by atoms with Crippen LogP contribution in [0.4, 0.5) is 5.69 Å². The van der Waals surface area contributed by atoms with E-state index in [4.69, 9.17) is 15.2 Å². The standard InChI is InChI=1S/C35H39NO6S/c1-32-15-14-23(38)16-21(32)6-13-26-27-17-30-35(29(40)19-37,33(27,2)18-28(39)31(26)32)42-34(3,41-30)20-4-9-24(10-5-20)43-25-11-7-22(36)8-12-25/h4-5,7-12,14-16,26-28,30-31,37,39H,6,13,17-19,36H2,1-3H3/t26-,27-,28-,30+,31+,32-,33-,34+,35+/m0/s1. The zero-order valence-electron chi connectivity index (χ0n) is 24.8. The lowest BCUT2D eigenvalue weighted by molar-refractivity contribution is -0.237. The van der Waals surface area contributed by atoms with Crippen molar-refractivity contribution in [2.75, 3.05) is 12.3 Å². The topological polar surface area (TPSA) is 119 Å². The molecule has 7 nitrogen and oxygen atoms in total. The quantitative estimate of drug-likeness (QED) is 0.401. The number of hydrogen-bond donors (Lipinski definition) is 3. The zero-order valence-corrected chi connectivity index (χ0v) is 25.6. The van der Waals surface area contributed by atoms with Crippen molar-refractivity contribution < 1.29 is 29.3 Å². The first-order valence-corrected chi connectivity index (χ1v) is 16.0. The van der Waals surface area contributed by atoms with Gasteiger partial charge < -0.3 is 25.4 Å². The maximum atomic E-state index is 13.9. The van der Waals surface area contributed by atoms with E-state index in [1.54, 1.807) is 23.9 Å². The summed E-state index contributed by atoms with van der Waals surface area (Å²) in [5, 5.41) is 22.2. The molecule has 226 valence electrons. The van der Waals surface area contributed by atoms with E-state index in [-0.39, 0.29) is 23.5 Å². The molecule has 8 heteroatoms. The number of benzene rings is 2. The molecule has 1 heterocycles. The number of nitrogens with two attached hydrogens (primary N) is 1. The number of rotatable bonds is 5.